The minimum Gasteiger partial charge on any atom is -0.507 e. The van der Waals surface area contributed by atoms with Crippen LogP contribution in [0.5, 0.6) is 11.5 Å². The van der Waals surface area contributed by atoms with Crippen molar-refractivity contribution < 1.29 is 15.0 Å². The van der Waals surface area contributed by atoms with Gasteiger partial charge < -0.3 is 20.8 Å². The number of carbonyl (C=O) groups excluding carboxylic acids is 1. The lowest BCUT2D eigenvalue weighted by Gasteiger charge is -2.28. The van der Waals surface area contributed by atoms with Crippen LogP contribution in [-0.2, 0) is 0 Å². The van der Waals surface area contributed by atoms with Crippen LogP contribution in [0.15, 0.2) is 18.2 Å². The summed E-state index contributed by atoms with van der Waals surface area (Å²) in [6, 6.07) is 4.30. The second-order valence-electron chi connectivity index (χ2n) is 5.02. The quantitative estimate of drug-likeness (QED) is 0.661. The molecule has 0 aliphatic carbocycles. The Balaban J connectivity index is 2.04. The Labute approximate surface area is 112 Å². The van der Waals surface area contributed by atoms with Gasteiger partial charge in [-0.25, -0.2) is 0 Å². The van der Waals surface area contributed by atoms with Crippen LogP contribution in [0.2, 0.25) is 0 Å². The highest BCUT2D eigenvalue weighted by Gasteiger charge is 2.24. The lowest BCUT2D eigenvalue weighted by molar-refractivity contribution is 0.0915. The summed E-state index contributed by atoms with van der Waals surface area (Å²) in [5.74, 6) is -0.398. The molecule has 4 N–H and O–H groups in total. The van der Waals surface area contributed by atoms with Gasteiger partial charge in [-0.2, -0.15) is 0 Å². The number of benzene rings is 1. The third kappa shape index (κ3) is 3.17. The Morgan fingerprint density at radius 3 is 2.47 bits per heavy atom. The molecule has 0 spiro atoms. The second kappa shape index (κ2) is 5.93. The Morgan fingerprint density at radius 2 is 1.89 bits per heavy atom. The highest BCUT2D eigenvalue weighted by Crippen LogP contribution is 2.26. The molecule has 1 amide bonds. The molecule has 1 aromatic rings. The van der Waals surface area contributed by atoms with Crippen LogP contribution < -0.4 is 10.6 Å². The summed E-state index contributed by atoms with van der Waals surface area (Å²) in [6.45, 7) is 3.89. The normalized spacial score (nSPS) is 17.9. The molecule has 1 aliphatic heterocycles. The molecule has 1 unspecified atom stereocenters. The van der Waals surface area contributed by atoms with Crippen molar-refractivity contribution in [2.75, 3.05) is 13.1 Å². The monoisotopic (exact) mass is 264 g/mol. The average molecular weight is 264 g/mol. The van der Waals surface area contributed by atoms with E-state index in [1.54, 1.807) is 0 Å². The predicted octanol–water partition coefficient (Wildman–Crippen LogP) is 1.22. The summed E-state index contributed by atoms with van der Waals surface area (Å²) in [6.07, 6.45) is 2.04. The number of aromatic hydroxyl groups is 2. The number of rotatable bonds is 3. The molecule has 5 nitrogen and oxygen atoms in total. The lowest BCUT2D eigenvalue weighted by atomic mass is 9.91. The van der Waals surface area contributed by atoms with Gasteiger partial charge in [-0.1, -0.05) is 6.07 Å². The molecule has 2 rings (SSSR count). The standard InChI is InChI=1S/C14H20N2O3/c1-9(10-5-7-15-8-6-10)16-14(19)13-11(17)3-2-4-12(13)18/h2-4,9-10,15,17-18H,5-8H2,1H3,(H,16,19). The summed E-state index contributed by atoms with van der Waals surface area (Å²) in [4.78, 5) is 12.1. The molecular formula is C14H20N2O3. The maximum absolute atomic E-state index is 12.1. The molecule has 0 saturated carbocycles. The van der Waals surface area contributed by atoms with Gasteiger partial charge in [0.15, 0.2) is 0 Å². The highest BCUT2D eigenvalue weighted by atomic mass is 16.3. The minimum atomic E-state index is -0.429. The molecule has 1 heterocycles. The van der Waals surface area contributed by atoms with E-state index in [2.05, 4.69) is 10.6 Å². The summed E-state index contributed by atoms with van der Waals surface area (Å²) in [5, 5.41) is 25.4. The first-order valence-electron chi connectivity index (χ1n) is 6.62. The van der Waals surface area contributed by atoms with Crippen molar-refractivity contribution in [3.8, 4) is 11.5 Å². The number of phenolic OH excluding ortho intramolecular Hbond substituents is 2. The van der Waals surface area contributed by atoms with Gasteiger partial charge in [0.1, 0.15) is 17.1 Å². The van der Waals surface area contributed by atoms with Gasteiger partial charge in [-0.15, -0.1) is 0 Å². The predicted molar refractivity (Wildman–Crippen MR) is 72.3 cm³/mol. The van der Waals surface area contributed by atoms with Gasteiger partial charge in [-0.05, 0) is 50.9 Å². The third-order valence-corrected chi connectivity index (χ3v) is 3.70. The molecule has 0 aromatic heterocycles. The van der Waals surface area contributed by atoms with Crippen LogP contribution in [0.3, 0.4) is 0 Å². The fourth-order valence-corrected chi connectivity index (χ4v) is 2.50. The Morgan fingerprint density at radius 1 is 1.32 bits per heavy atom. The Bertz CT molecular complexity index is 436. The highest BCUT2D eigenvalue weighted by molar-refractivity contribution is 5.99. The second-order valence-corrected chi connectivity index (χ2v) is 5.02. The van der Waals surface area contributed by atoms with E-state index in [0.717, 1.165) is 25.9 Å². The molecule has 0 radical (unpaired) electrons. The molecule has 104 valence electrons. The van der Waals surface area contributed by atoms with E-state index in [1.807, 2.05) is 6.92 Å². The van der Waals surface area contributed by atoms with Crippen molar-refractivity contribution in [3.05, 3.63) is 23.8 Å². The number of amides is 1. The number of piperidine rings is 1. The first-order valence-corrected chi connectivity index (χ1v) is 6.62. The van der Waals surface area contributed by atoms with Crippen LogP contribution in [0.25, 0.3) is 0 Å². The van der Waals surface area contributed by atoms with Gasteiger partial charge in [0.25, 0.3) is 5.91 Å². The fraction of sp³-hybridized carbons (Fsp3) is 0.500. The van der Waals surface area contributed by atoms with Crippen molar-refractivity contribution in [1.29, 1.82) is 0 Å². The van der Waals surface area contributed by atoms with Crippen molar-refractivity contribution in [2.45, 2.75) is 25.8 Å². The Hall–Kier alpha value is -1.75. The van der Waals surface area contributed by atoms with Crippen LogP contribution in [0.4, 0.5) is 0 Å². The molecular weight excluding hydrogens is 244 g/mol. The van der Waals surface area contributed by atoms with E-state index in [0.29, 0.717) is 5.92 Å². The van der Waals surface area contributed by atoms with Gasteiger partial charge in [-0.3, -0.25) is 4.79 Å². The molecule has 1 atom stereocenters. The molecule has 1 saturated heterocycles. The van der Waals surface area contributed by atoms with E-state index in [4.69, 9.17) is 0 Å². The van der Waals surface area contributed by atoms with Gasteiger partial charge >= 0.3 is 0 Å². The Kier molecular flexibility index (Phi) is 4.27. The van der Waals surface area contributed by atoms with Crippen LogP contribution in [0, 0.1) is 5.92 Å². The molecule has 19 heavy (non-hydrogen) atoms. The number of hydrogen-bond donors (Lipinski definition) is 4. The van der Waals surface area contributed by atoms with Crippen LogP contribution in [0.1, 0.15) is 30.1 Å². The van der Waals surface area contributed by atoms with E-state index in [9.17, 15) is 15.0 Å². The van der Waals surface area contributed by atoms with E-state index in [-0.39, 0.29) is 23.1 Å². The number of hydrogen-bond acceptors (Lipinski definition) is 4. The summed E-state index contributed by atoms with van der Waals surface area (Å²) < 4.78 is 0. The molecule has 1 aliphatic rings. The molecule has 1 aromatic carbocycles. The van der Waals surface area contributed by atoms with Crippen molar-refractivity contribution in [1.82, 2.24) is 10.6 Å². The van der Waals surface area contributed by atoms with Crippen LogP contribution >= 0.6 is 0 Å². The lowest BCUT2D eigenvalue weighted by Crippen LogP contribution is -2.42. The average Bonchev–Trinajstić information content (AvgIpc) is 2.39. The van der Waals surface area contributed by atoms with Crippen molar-refractivity contribution >= 4 is 5.91 Å². The maximum Gasteiger partial charge on any atom is 0.259 e. The molecule has 0 bridgehead atoms. The molecule has 1 fully saturated rings. The first kappa shape index (κ1) is 13.7. The summed E-state index contributed by atoms with van der Waals surface area (Å²) in [7, 11) is 0. The largest absolute Gasteiger partial charge is 0.507 e. The molecule has 5 heteroatoms. The van der Waals surface area contributed by atoms with Gasteiger partial charge in [0, 0.05) is 6.04 Å². The van der Waals surface area contributed by atoms with Crippen molar-refractivity contribution in [3.63, 3.8) is 0 Å². The van der Waals surface area contributed by atoms with Gasteiger partial charge in [0.05, 0.1) is 0 Å². The topological polar surface area (TPSA) is 81.6 Å². The first-order chi connectivity index (χ1) is 9.09. The summed E-state index contributed by atoms with van der Waals surface area (Å²) >= 11 is 0. The van der Waals surface area contributed by atoms with Crippen LogP contribution in [-0.4, -0.2) is 35.3 Å². The van der Waals surface area contributed by atoms with Gasteiger partial charge in [0.2, 0.25) is 0 Å². The number of phenols is 2. The maximum atomic E-state index is 12.1. The zero-order chi connectivity index (χ0) is 13.8. The zero-order valence-corrected chi connectivity index (χ0v) is 11.0. The number of nitrogens with one attached hydrogen (secondary N) is 2. The van der Waals surface area contributed by atoms with E-state index >= 15 is 0 Å². The fourth-order valence-electron chi connectivity index (χ4n) is 2.50. The third-order valence-electron chi connectivity index (χ3n) is 3.70. The van der Waals surface area contributed by atoms with E-state index in [1.165, 1.54) is 18.2 Å². The smallest absolute Gasteiger partial charge is 0.259 e. The summed E-state index contributed by atoms with van der Waals surface area (Å²) in [5.41, 5.74) is -0.0525. The van der Waals surface area contributed by atoms with Crippen molar-refractivity contribution in [2.24, 2.45) is 5.92 Å². The number of carbonyl (C=O) groups is 1. The zero-order valence-electron chi connectivity index (χ0n) is 11.0. The van der Waals surface area contributed by atoms with E-state index < -0.39 is 5.91 Å². The minimum absolute atomic E-state index is 0.0219. The SMILES string of the molecule is CC(NC(=O)c1c(O)cccc1O)C1CCNCC1.